The molecular weight excluding hydrogens is 150 g/mol. The molecule has 2 unspecified atom stereocenters. The molecule has 0 aromatic carbocycles. The quantitative estimate of drug-likeness (QED) is 0.691. The van der Waals surface area contributed by atoms with E-state index in [4.69, 9.17) is 10.2 Å². The smallest absolute Gasteiger partial charge is 0.109 e. The zero-order chi connectivity index (χ0) is 8.93. The number of hydrogen-bond donors (Lipinski definition) is 1. The Morgan fingerprint density at radius 1 is 1.42 bits per heavy atom. The largest absolute Gasteiger partial charge is 0.466 e. The number of hydrogen-bond acceptors (Lipinski definition) is 2. The van der Waals surface area contributed by atoms with Gasteiger partial charge in [-0.05, 0) is 24.5 Å². The van der Waals surface area contributed by atoms with Gasteiger partial charge in [0.05, 0.1) is 0 Å². The minimum atomic E-state index is 0.226. The van der Waals surface area contributed by atoms with Gasteiger partial charge in [-0.2, -0.15) is 0 Å². The summed E-state index contributed by atoms with van der Waals surface area (Å²) < 4.78 is 5.53. The van der Waals surface area contributed by atoms with Gasteiger partial charge in [-0.3, -0.25) is 0 Å². The number of nitrogens with two attached hydrogens (primary N) is 1. The second kappa shape index (κ2) is 2.13. The fourth-order valence-electron chi connectivity index (χ4n) is 1.84. The van der Waals surface area contributed by atoms with Gasteiger partial charge in [0.2, 0.25) is 0 Å². The molecule has 0 amide bonds. The van der Waals surface area contributed by atoms with E-state index in [-0.39, 0.29) is 11.5 Å². The van der Waals surface area contributed by atoms with E-state index in [1.54, 1.807) is 0 Å². The molecule has 1 aromatic rings. The van der Waals surface area contributed by atoms with Gasteiger partial charge >= 0.3 is 0 Å². The van der Waals surface area contributed by atoms with Crippen molar-refractivity contribution in [1.82, 2.24) is 0 Å². The van der Waals surface area contributed by atoms with Crippen LogP contribution in [0.5, 0.6) is 0 Å². The summed E-state index contributed by atoms with van der Waals surface area (Å²) in [7, 11) is 0. The van der Waals surface area contributed by atoms with E-state index in [0.29, 0.717) is 5.92 Å². The van der Waals surface area contributed by atoms with Crippen LogP contribution >= 0.6 is 0 Å². The highest BCUT2D eigenvalue weighted by Crippen LogP contribution is 2.57. The minimum Gasteiger partial charge on any atom is -0.466 e. The molecule has 2 nitrogen and oxygen atoms in total. The lowest BCUT2D eigenvalue weighted by Crippen LogP contribution is -2.06. The van der Waals surface area contributed by atoms with Crippen molar-refractivity contribution < 1.29 is 4.42 Å². The number of rotatable bonds is 1. The highest BCUT2D eigenvalue weighted by atomic mass is 16.3. The van der Waals surface area contributed by atoms with Gasteiger partial charge < -0.3 is 10.2 Å². The lowest BCUT2D eigenvalue weighted by molar-refractivity contribution is 0.461. The first kappa shape index (κ1) is 7.87. The Morgan fingerprint density at radius 2 is 2.00 bits per heavy atom. The van der Waals surface area contributed by atoms with Crippen molar-refractivity contribution in [3.05, 3.63) is 23.7 Å². The lowest BCUT2D eigenvalue weighted by Gasteiger charge is -1.97. The van der Waals surface area contributed by atoms with Crippen molar-refractivity contribution in [2.75, 3.05) is 0 Å². The molecule has 0 aliphatic heterocycles. The Hall–Kier alpha value is -0.760. The molecule has 2 rings (SSSR count). The summed E-state index contributed by atoms with van der Waals surface area (Å²) in [5, 5.41) is 0. The van der Waals surface area contributed by atoms with Gasteiger partial charge in [0.15, 0.2) is 0 Å². The van der Waals surface area contributed by atoms with Crippen LogP contribution in [0.25, 0.3) is 0 Å². The topological polar surface area (TPSA) is 39.2 Å². The SMILES string of the molecule is Cc1ccc(C2C(N)C2(C)C)o1. The van der Waals surface area contributed by atoms with Crippen LogP contribution < -0.4 is 5.73 Å². The monoisotopic (exact) mass is 165 g/mol. The summed E-state index contributed by atoms with van der Waals surface area (Å²) in [6, 6.07) is 4.30. The van der Waals surface area contributed by atoms with Crippen LogP contribution in [0.3, 0.4) is 0 Å². The van der Waals surface area contributed by atoms with E-state index in [1.807, 2.05) is 19.1 Å². The summed E-state index contributed by atoms with van der Waals surface area (Å²) >= 11 is 0. The third-order valence-corrected chi connectivity index (χ3v) is 2.98. The Bertz CT molecular complexity index is 301. The van der Waals surface area contributed by atoms with Crippen LogP contribution in [0.4, 0.5) is 0 Å². The molecule has 1 aliphatic rings. The lowest BCUT2D eigenvalue weighted by atomic mass is 10.1. The van der Waals surface area contributed by atoms with Crippen molar-refractivity contribution in [1.29, 1.82) is 0 Å². The predicted molar refractivity (Wildman–Crippen MR) is 47.9 cm³/mol. The molecule has 0 spiro atoms. The van der Waals surface area contributed by atoms with E-state index in [2.05, 4.69) is 13.8 Å². The molecule has 66 valence electrons. The Labute approximate surface area is 72.7 Å². The normalized spacial score (nSPS) is 32.0. The van der Waals surface area contributed by atoms with Crippen LogP contribution in [0.2, 0.25) is 0 Å². The fraction of sp³-hybridized carbons (Fsp3) is 0.600. The van der Waals surface area contributed by atoms with Crippen molar-refractivity contribution in [2.45, 2.75) is 32.7 Å². The van der Waals surface area contributed by atoms with Gasteiger partial charge in [0.25, 0.3) is 0 Å². The number of aryl methyl sites for hydroxylation is 1. The number of furan rings is 1. The van der Waals surface area contributed by atoms with E-state index in [0.717, 1.165) is 11.5 Å². The van der Waals surface area contributed by atoms with Crippen molar-refractivity contribution >= 4 is 0 Å². The average Bonchev–Trinajstić information content (AvgIpc) is 2.38. The van der Waals surface area contributed by atoms with Crippen LogP contribution in [-0.4, -0.2) is 6.04 Å². The predicted octanol–water partition coefficient (Wildman–Crippen LogP) is 2.04. The highest BCUT2D eigenvalue weighted by Gasteiger charge is 2.57. The molecule has 1 aromatic heterocycles. The highest BCUT2D eigenvalue weighted by molar-refractivity contribution is 5.28. The van der Waals surface area contributed by atoms with Crippen LogP contribution in [0, 0.1) is 12.3 Å². The van der Waals surface area contributed by atoms with Gasteiger partial charge in [-0.1, -0.05) is 13.8 Å². The maximum absolute atomic E-state index is 5.93. The van der Waals surface area contributed by atoms with E-state index in [9.17, 15) is 0 Å². The van der Waals surface area contributed by atoms with Crippen molar-refractivity contribution in [3.63, 3.8) is 0 Å². The third-order valence-electron chi connectivity index (χ3n) is 2.98. The Morgan fingerprint density at radius 3 is 2.33 bits per heavy atom. The zero-order valence-corrected chi connectivity index (χ0v) is 7.79. The van der Waals surface area contributed by atoms with Crippen LogP contribution in [0.1, 0.15) is 31.3 Å². The van der Waals surface area contributed by atoms with E-state index < -0.39 is 0 Å². The summed E-state index contributed by atoms with van der Waals surface area (Å²) in [4.78, 5) is 0. The van der Waals surface area contributed by atoms with Crippen molar-refractivity contribution in [2.24, 2.45) is 11.1 Å². The fourth-order valence-corrected chi connectivity index (χ4v) is 1.84. The molecule has 0 saturated heterocycles. The second-order valence-electron chi connectivity index (χ2n) is 4.27. The van der Waals surface area contributed by atoms with E-state index in [1.165, 1.54) is 0 Å². The van der Waals surface area contributed by atoms with Gasteiger partial charge in [0, 0.05) is 12.0 Å². The first-order chi connectivity index (χ1) is 5.53. The first-order valence-corrected chi connectivity index (χ1v) is 4.35. The van der Waals surface area contributed by atoms with Crippen LogP contribution in [0.15, 0.2) is 16.5 Å². The molecule has 1 aliphatic carbocycles. The molecule has 0 radical (unpaired) electrons. The van der Waals surface area contributed by atoms with Gasteiger partial charge in [-0.25, -0.2) is 0 Å². The van der Waals surface area contributed by atoms with Crippen LogP contribution in [-0.2, 0) is 0 Å². The maximum atomic E-state index is 5.93. The molecule has 1 fully saturated rings. The summed E-state index contributed by atoms with van der Waals surface area (Å²) in [5.41, 5.74) is 6.15. The average molecular weight is 165 g/mol. The molecule has 2 N–H and O–H groups in total. The summed E-state index contributed by atoms with van der Waals surface area (Å²) in [6.07, 6.45) is 0. The Kier molecular flexibility index (Phi) is 1.40. The molecule has 2 atom stereocenters. The Balaban J connectivity index is 2.24. The molecule has 1 heterocycles. The summed E-state index contributed by atoms with van der Waals surface area (Å²) in [6.45, 7) is 6.32. The molecular formula is C10H15NO. The second-order valence-corrected chi connectivity index (χ2v) is 4.27. The maximum Gasteiger partial charge on any atom is 0.109 e. The summed E-state index contributed by atoms with van der Waals surface area (Å²) in [5.74, 6) is 2.44. The van der Waals surface area contributed by atoms with Gasteiger partial charge in [-0.15, -0.1) is 0 Å². The van der Waals surface area contributed by atoms with Crippen molar-refractivity contribution in [3.8, 4) is 0 Å². The molecule has 12 heavy (non-hydrogen) atoms. The minimum absolute atomic E-state index is 0.226. The molecule has 2 heteroatoms. The third kappa shape index (κ3) is 0.911. The molecule has 1 saturated carbocycles. The first-order valence-electron chi connectivity index (χ1n) is 4.35. The zero-order valence-electron chi connectivity index (χ0n) is 7.79. The van der Waals surface area contributed by atoms with E-state index >= 15 is 0 Å². The standard InChI is InChI=1S/C10H15NO/c1-6-4-5-7(12-6)8-9(11)10(8,2)3/h4-5,8-9H,11H2,1-3H3. The molecule has 0 bridgehead atoms. The van der Waals surface area contributed by atoms with Gasteiger partial charge in [0.1, 0.15) is 11.5 Å².